The summed E-state index contributed by atoms with van der Waals surface area (Å²) in [5.74, 6) is 6.20. The minimum absolute atomic E-state index is 0.0339. The summed E-state index contributed by atoms with van der Waals surface area (Å²) in [5, 5.41) is 11.0. The highest BCUT2D eigenvalue weighted by atomic mass is 16.6. The van der Waals surface area contributed by atoms with Crippen molar-refractivity contribution in [3.63, 3.8) is 0 Å². The molecule has 0 aromatic heterocycles. The van der Waals surface area contributed by atoms with E-state index in [1.807, 2.05) is 63.3 Å². The SMILES string of the molecule is CC(C)(C)OC(=O)COC/C=C1\CCCC[C@@]1(C)/C=C/C=C/[C@H](O)C1(CCC#Cc2ccccc2)CCC1. The Morgan fingerprint density at radius 3 is 2.55 bits per heavy atom. The summed E-state index contributed by atoms with van der Waals surface area (Å²) in [5.41, 5.74) is 1.82. The van der Waals surface area contributed by atoms with E-state index in [-0.39, 0.29) is 23.4 Å². The maximum Gasteiger partial charge on any atom is 0.332 e. The lowest BCUT2D eigenvalue weighted by molar-refractivity contribution is -0.159. The van der Waals surface area contributed by atoms with E-state index in [1.165, 1.54) is 24.8 Å². The first kappa shape index (κ1) is 29.9. The van der Waals surface area contributed by atoms with Crippen LogP contribution >= 0.6 is 0 Å². The van der Waals surface area contributed by atoms with Crippen LogP contribution in [0.15, 0.2) is 66.3 Å². The molecule has 2 aliphatic rings. The summed E-state index contributed by atoms with van der Waals surface area (Å²) in [6.45, 7) is 8.21. The zero-order valence-corrected chi connectivity index (χ0v) is 23.8. The Kier molecular flexibility index (Phi) is 11.0. The molecular formula is C34H46O4. The van der Waals surface area contributed by atoms with Crippen LogP contribution in [0.2, 0.25) is 0 Å². The third kappa shape index (κ3) is 9.29. The molecule has 1 N–H and O–H groups in total. The van der Waals surface area contributed by atoms with E-state index < -0.39 is 11.7 Å². The van der Waals surface area contributed by atoms with Gasteiger partial charge in [0.05, 0.1) is 12.7 Å². The summed E-state index contributed by atoms with van der Waals surface area (Å²) in [6.07, 6.45) is 19.5. The molecule has 1 aromatic carbocycles. The van der Waals surface area contributed by atoms with Crippen LogP contribution in [0, 0.1) is 22.7 Å². The van der Waals surface area contributed by atoms with Gasteiger partial charge in [0, 0.05) is 22.8 Å². The molecular weight excluding hydrogens is 472 g/mol. The first-order valence-electron chi connectivity index (χ1n) is 14.2. The van der Waals surface area contributed by atoms with Gasteiger partial charge in [0.15, 0.2) is 0 Å². The van der Waals surface area contributed by atoms with Crippen LogP contribution in [-0.4, -0.2) is 36.0 Å². The molecule has 0 heterocycles. The lowest BCUT2D eigenvalue weighted by Gasteiger charge is -2.44. The zero-order chi connectivity index (χ0) is 27.5. The average molecular weight is 519 g/mol. The van der Waals surface area contributed by atoms with Crippen molar-refractivity contribution in [2.75, 3.05) is 13.2 Å². The highest BCUT2D eigenvalue weighted by molar-refractivity contribution is 5.71. The van der Waals surface area contributed by atoms with Crippen LogP contribution in [0.25, 0.3) is 0 Å². The number of hydrogen-bond donors (Lipinski definition) is 1. The second-order valence-electron chi connectivity index (χ2n) is 12.0. The van der Waals surface area contributed by atoms with Crippen LogP contribution in [-0.2, 0) is 14.3 Å². The maximum atomic E-state index is 11.9. The minimum Gasteiger partial charge on any atom is -0.458 e. The third-order valence-corrected chi connectivity index (χ3v) is 7.81. The summed E-state index contributed by atoms with van der Waals surface area (Å²) >= 11 is 0. The zero-order valence-electron chi connectivity index (χ0n) is 23.8. The monoisotopic (exact) mass is 518 g/mol. The van der Waals surface area contributed by atoms with E-state index in [9.17, 15) is 9.90 Å². The fourth-order valence-electron chi connectivity index (χ4n) is 5.42. The topological polar surface area (TPSA) is 55.8 Å². The van der Waals surface area contributed by atoms with Crippen LogP contribution < -0.4 is 0 Å². The summed E-state index contributed by atoms with van der Waals surface area (Å²) < 4.78 is 10.9. The number of esters is 1. The molecule has 1 aromatic rings. The normalized spacial score (nSPS) is 23.1. The van der Waals surface area contributed by atoms with E-state index in [4.69, 9.17) is 9.47 Å². The molecule has 2 fully saturated rings. The minimum atomic E-state index is -0.499. The van der Waals surface area contributed by atoms with Gasteiger partial charge in [-0.1, -0.05) is 85.8 Å². The number of ether oxygens (including phenoxy) is 2. The molecule has 206 valence electrons. The van der Waals surface area contributed by atoms with E-state index >= 15 is 0 Å². The standard InChI is InChI=1S/C34H46O4/c1-32(2,3)38-31(36)27-37-26-20-29-18-9-11-21-33(29,4)22-12-10-19-30(35)34(24-14-25-34)23-13-8-17-28-15-6-5-7-16-28/h5-7,10,12,15-16,19-20,22,30,35H,9,11,13-14,18,21,23-27H2,1-4H3/b19-10+,22-12+,29-20+/t30-,33-/m0/s1. The van der Waals surface area contributed by atoms with Crippen molar-refractivity contribution >= 4 is 5.97 Å². The van der Waals surface area contributed by atoms with Crippen molar-refractivity contribution in [2.24, 2.45) is 10.8 Å². The maximum absolute atomic E-state index is 11.9. The molecule has 4 nitrogen and oxygen atoms in total. The van der Waals surface area contributed by atoms with Gasteiger partial charge in [-0.2, -0.15) is 0 Å². The Hall–Kier alpha value is -2.61. The smallest absolute Gasteiger partial charge is 0.332 e. The molecule has 2 atom stereocenters. The average Bonchev–Trinajstić information content (AvgIpc) is 2.84. The van der Waals surface area contributed by atoms with Gasteiger partial charge in [0.25, 0.3) is 0 Å². The first-order chi connectivity index (χ1) is 18.1. The number of carbonyl (C=O) groups excluding carboxylic acids is 1. The second-order valence-corrected chi connectivity index (χ2v) is 12.0. The van der Waals surface area contributed by atoms with Crippen molar-refractivity contribution in [3.8, 4) is 11.8 Å². The van der Waals surface area contributed by atoms with Gasteiger partial charge in [0.1, 0.15) is 12.2 Å². The molecule has 38 heavy (non-hydrogen) atoms. The van der Waals surface area contributed by atoms with Gasteiger partial charge >= 0.3 is 5.97 Å². The Morgan fingerprint density at radius 2 is 1.87 bits per heavy atom. The Labute approximate surface area is 230 Å². The molecule has 2 saturated carbocycles. The van der Waals surface area contributed by atoms with Gasteiger partial charge in [-0.25, -0.2) is 4.79 Å². The van der Waals surface area contributed by atoms with Crippen molar-refractivity contribution in [2.45, 2.75) is 97.2 Å². The Balaban J connectivity index is 1.51. The number of hydrogen-bond acceptors (Lipinski definition) is 4. The van der Waals surface area contributed by atoms with Crippen molar-refractivity contribution in [1.82, 2.24) is 0 Å². The molecule has 0 bridgehead atoms. The molecule has 0 unspecified atom stereocenters. The number of carbonyl (C=O) groups is 1. The van der Waals surface area contributed by atoms with Gasteiger partial charge in [-0.05, 0) is 71.4 Å². The molecule has 0 saturated heterocycles. The number of aliphatic hydroxyl groups excluding tert-OH is 1. The van der Waals surface area contributed by atoms with Crippen LogP contribution in [0.3, 0.4) is 0 Å². The van der Waals surface area contributed by atoms with Crippen LogP contribution in [0.4, 0.5) is 0 Å². The fraction of sp³-hybridized carbons (Fsp3) is 0.559. The number of aliphatic hydroxyl groups is 1. The van der Waals surface area contributed by atoms with E-state index in [1.54, 1.807) is 0 Å². The van der Waals surface area contributed by atoms with Crippen molar-refractivity contribution < 1.29 is 19.4 Å². The fourth-order valence-corrected chi connectivity index (χ4v) is 5.42. The van der Waals surface area contributed by atoms with Crippen molar-refractivity contribution in [1.29, 1.82) is 0 Å². The lowest BCUT2D eigenvalue weighted by atomic mass is 9.62. The number of allylic oxidation sites excluding steroid dienone is 4. The molecule has 4 heteroatoms. The summed E-state index contributed by atoms with van der Waals surface area (Å²) in [4.78, 5) is 11.9. The third-order valence-electron chi connectivity index (χ3n) is 7.81. The second kappa shape index (κ2) is 14.0. The summed E-state index contributed by atoms with van der Waals surface area (Å²) in [7, 11) is 0. The highest BCUT2D eigenvalue weighted by Gasteiger charge is 2.41. The molecule has 3 rings (SSSR count). The number of benzene rings is 1. The van der Waals surface area contributed by atoms with Gasteiger partial charge in [-0.15, -0.1) is 0 Å². The predicted octanol–water partition coefficient (Wildman–Crippen LogP) is 7.33. The molecule has 0 radical (unpaired) electrons. The van der Waals surface area contributed by atoms with Gasteiger partial charge < -0.3 is 14.6 Å². The van der Waals surface area contributed by atoms with E-state index in [0.29, 0.717) is 6.61 Å². The molecule has 0 amide bonds. The quantitative estimate of drug-likeness (QED) is 0.116. The van der Waals surface area contributed by atoms with E-state index in [0.717, 1.165) is 44.1 Å². The Morgan fingerprint density at radius 1 is 1.11 bits per heavy atom. The molecule has 0 aliphatic heterocycles. The molecule has 0 spiro atoms. The first-order valence-corrected chi connectivity index (χ1v) is 14.2. The molecule has 2 aliphatic carbocycles. The van der Waals surface area contributed by atoms with Crippen LogP contribution in [0.5, 0.6) is 0 Å². The highest BCUT2D eigenvalue weighted by Crippen LogP contribution is 2.48. The lowest BCUT2D eigenvalue weighted by Crippen LogP contribution is -2.40. The predicted molar refractivity (Wildman–Crippen MR) is 154 cm³/mol. The van der Waals surface area contributed by atoms with Crippen molar-refractivity contribution in [3.05, 3.63) is 71.8 Å². The van der Waals surface area contributed by atoms with Gasteiger partial charge in [0.2, 0.25) is 0 Å². The van der Waals surface area contributed by atoms with Gasteiger partial charge in [-0.3, -0.25) is 0 Å². The van der Waals surface area contributed by atoms with E-state index in [2.05, 4.69) is 37.0 Å². The number of rotatable bonds is 10. The van der Waals surface area contributed by atoms with Crippen LogP contribution in [0.1, 0.15) is 91.0 Å². The largest absolute Gasteiger partial charge is 0.458 e. The summed E-state index contributed by atoms with van der Waals surface area (Å²) in [6, 6.07) is 10.1. The Bertz CT molecular complexity index is 1040.